The van der Waals surface area contributed by atoms with Gasteiger partial charge in [0.2, 0.25) is 5.82 Å². The maximum atomic E-state index is 12.8. The van der Waals surface area contributed by atoms with E-state index in [0.717, 1.165) is 6.41 Å². The molecule has 0 saturated carbocycles. The predicted octanol–water partition coefficient (Wildman–Crippen LogP) is 1.54. The first-order chi connectivity index (χ1) is 7.00. The van der Waals surface area contributed by atoms with Gasteiger partial charge in [-0.1, -0.05) is 0 Å². The maximum absolute atomic E-state index is 12.8. The van der Waals surface area contributed by atoms with Gasteiger partial charge in [0.1, 0.15) is 0 Å². The lowest BCUT2D eigenvalue weighted by atomic mass is 10.1. The number of carbonyl (C=O) groups excluding carboxylic acids is 1. The summed E-state index contributed by atoms with van der Waals surface area (Å²) < 4.78 is 63.2. The molecule has 0 atom stereocenters. The van der Waals surface area contributed by atoms with Gasteiger partial charge in [0.05, 0.1) is 0 Å². The van der Waals surface area contributed by atoms with E-state index in [1.165, 1.54) is 0 Å². The van der Waals surface area contributed by atoms with E-state index in [1.807, 2.05) is 0 Å². The van der Waals surface area contributed by atoms with E-state index in [-0.39, 0.29) is 0 Å². The molecule has 1 radical (unpaired) electrons. The highest BCUT2D eigenvalue weighted by molar-refractivity contribution is 5.47. The number of hydrogen-bond acceptors (Lipinski definition) is 1. The Morgan fingerprint density at radius 2 is 1.27 bits per heavy atom. The molecular formula is C8H3F5NO. The van der Waals surface area contributed by atoms with Gasteiger partial charge in [0, 0.05) is 12.1 Å². The monoisotopic (exact) mass is 224 g/mol. The van der Waals surface area contributed by atoms with Crippen LogP contribution in [0.25, 0.3) is 0 Å². The zero-order chi connectivity index (χ0) is 11.6. The van der Waals surface area contributed by atoms with Crippen LogP contribution in [-0.4, -0.2) is 6.41 Å². The van der Waals surface area contributed by atoms with Crippen molar-refractivity contribution in [1.82, 2.24) is 5.32 Å². The molecule has 0 fully saturated rings. The predicted molar refractivity (Wildman–Crippen MR) is 38.8 cm³/mol. The normalized spacial score (nSPS) is 10.2. The number of halogens is 5. The van der Waals surface area contributed by atoms with Crippen LogP contribution in [0.2, 0.25) is 0 Å². The van der Waals surface area contributed by atoms with E-state index in [0.29, 0.717) is 0 Å². The number of rotatable bonds is 3. The van der Waals surface area contributed by atoms with Crippen LogP contribution in [0.1, 0.15) is 5.56 Å². The first-order valence-electron chi connectivity index (χ1n) is 3.61. The summed E-state index contributed by atoms with van der Waals surface area (Å²) in [6, 6.07) is 0. The Labute approximate surface area is 80.7 Å². The molecular weight excluding hydrogens is 221 g/mol. The van der Waals surface area contributed by atoms with Crippen LogP contribution in [-0.2, 0) is 11.3 Å². The van der Waals surface area contributed by atoms with Gasteiger partial charge >= 0.3 is 6.41 Å². The highest BCUT2D eigenvalue weighted by atomic mass is 19.2. The van der Waals surface area contributed by atoms with Gasteiger partial charge in [-0.05, 0) is 0 Å². The largest absolute Gasteiger partial charge is 0.344 e. The average molecular weight is 224 g/mol. The third-order valence-corrected chi connectivity index (χ3v) is 1.64. The Morgan fingerprint density at radius 1 is 0.867 bits per heavy atom. The van der Waals surface area contributed by atoms with Crippen molar-refractivity contribution in [3.05, 3.63) is 34.6 Å². The molecule has 81 valence electrons. The zero-order valence-electron chi connectivity index (χ0n) is 7.01. The molecule has 0 aliphatic heterocycles. The van der Waals surface area contributed by atoms with Crippen molar-refractivity contribution < 1.29 is 26.7 Å². The van der Waals surface area contributed by atoms with Crippen molar-refractivity contribution in [1.29, 1.82) is 0 Å². The average Bonchev–Trinajstić information content (AvgIpc) is 2.24. The summed E-state index contributed by atoms with van der Waals surface area (Å²) in [5, 5.41) is 1.68. The quantitative estimate of drug-likeness (QED) is 0.359. The van der Waals surface area contributed by atoms with Crippen LogP contribution < -0.4 is 5.32 Å². The summed E-state index contributed by atoms with van der Waals surface area (Å²) in [5.41, 5.74) is -1.10. The van der Waals surface area contributed by atoms with Crippen LogP contribution in [0, 0.1) is 29.1 Å². The Morgan fingerprint density at radius 3 is 1.67 bits per heavy atom. The standard InChI is InChI=1S/C8H3F5NO/c9-4-3(1-14-2-15)5(10)7(12)8(13)6(4)11/h1H2,(H,14,15). The molecule has 0 heterocycles. The van der Waals surface area contributed by atoms with Crippen LogP contribution >= 0.6 is 0 Å². The molecule has 1 N–H and O–H groups in total. The minimum absolute atomic E-state index is 0.824. The molecule has 2 nitrogen and oxygen atoms in total. The smallest absolute Gasteiger partial charge is 0.309 e. The molecule has 0 saturated heterocycles. The Balaban J connectivity index is 3.31. The van der Waals surface area contributed by atoms with Crippen LogP contribution in [0.5, 0.6) is 0 Å². The van der Waals surface area contributed by atoms with Gasteiger partial charge in [-0.3, -0.25) is 4.79 Å². The molecule has 0 bridgehead atoms. The van der Waals surface area contributed by atoms with Crippen LogP contribution in [0.15, 0.2) is 0 Å². The lowest BCUT2D eigenvalue weighted by Gasteiger charge is -2.06. The lowest BCUT2D eigenvalue weighted by Crippen LogP contribution is -2.16. The highest BCUT2D eigenvalue weighted by Gasteiger charge is 2.25. The Bertz CT molecular complexity index is 378. The molecule has 15 heavy (non-hydrogen) atoms. The molecule has 1 amide bonds. The van der Waals surface area contributed by atoms with E-state index in [4.69, 9.17) is 0 Å². The minimum atomic E-state index is -2.23. The van der Waals surface area contributed by atoms with Gasteiger partial charge in [-0.25, -0.2) is 22.0 Å². The van der Waals surface area contributed by atoms with E-state index in [9.17, 15) is 26.7 Å². The van der Waals surface area contributed by atoms with Crippen LogP contribution in [0.4, 0.5) is 22.0 Å². The third kappa shape index (κ3) is 1.90. The number of hydrogen-bond donors (Lipinski definition) is 1. The van der Waals surface area contributed by atoms with Gasteiger partial charge in [0.25, 0.3) is 0 Å². The van der Waals surface area contributed by atoms with Gasteiger partial charge in [-0.15, -0.1) is 0 Å². The van der Waals surface area contributed by atoms with Crippen molar-refractivity contribution in [3.63, 3.8) is 0 Å². The van der Waals surface area contributed by atoms with Gasteiger partial charge in [-0.2, -0.15) is 0 Å². The summed E-state index contributed by atoms with van der Waals surface area (Å²) in [4.78, 5) is 9.69. The van der Waals surface area contributed by atoms with E-state index in [1.54, 1.807) is 5.32 Å². The topological polar surface area (TPSA) is 29.1 Å². The van der Waals surface area contributed by atoms with Crippen molar-refractivity contribution in [2.45, 2.75) is 6.54 Å². The van der Waals surface area contributed by atoms with Gasteiger partial charge < -0.3 is 5.32 Å². The summed E-state index contributed by atoms with van der Waals surface area (Å²) in [5.74, 6) is -10.2. The second-order valence-corrected chi connectivity index (χ2v) is 2.50. The molecule has 1 rings (SSSR count). The second kappa shape index (κ2) is 4.24. The summed E-state index contributed by atoms with van der Waals surface area (Å²) in [6.45, 7) is -0.824. The van der Waals surface area contributed by atoms with Crippen molar-refractivity contribution in [2.75, 3.05) is 0 Å². The van der Waals surface area contributed by atoms with Gasteiger partial charge in [0.15, 0.2) is 23.3 Å². The summed E-state index contributed by atoms with van der Waals surface area (Å²) >= 11 is 0. The minimum Gasteiger partial charge on any atom is -0.344 e. The molecule has 0 unspecified atom stereocenters. The zero-order valence-corrected chi connectivity index (χ0v) is 7.01. The molecule has 7 heteroatoms. The van der Waals surface area contributed by atoms with Crippen molar-refractivity contribution in [2.24, 2.45) is 0 Å². The molecule has 0 aliphatic carbocycles. The highest BCUT2D eigenvalue weighted by Crippen LogP contribution is 2.22. The van der Waals surface area contributed by atoms with E-state index < -0.39 is 41.2 Å². The number of amides is 1. The SMILES string of the molecule is O=[C]NCc1c(F)c(F)c(F)c(F)c1F. The maximum Gasteiger partial charge on any atom is 0.309 e. The molecule has 0 aliphatic rings. The molecule has 0 spiro atoms. The van der Waals surface area contributed by atoms with Crippen LogP contribution in [0.3, 0.4) is 0 Å². The third-order valence-electron chi connectivity index (χ3n) is 1.64. The lowest BCUT2D eigenvalue weighted by molar-refractivity contribution is 0.369. The molecule has 1 aromatic carbocycles. The Hall–Kier alpha value is -1.66. The first-order valence-corrected chi connectivity index (χ1v) is 3.61. The second-order valence-electron chi connectivity index (χ2n) is 2.50. The fourth-order valence-corrected chi connectivity index (χ4v) is 0.930. The Kier molecular flexibility index (Phi) is 3.23. The fraction of sp³-hybridized carbons (Fsp3) is 0.125. The van der Waals surface area contributed by atoms with E-state index >= 15 is 0 Å². The summed E-state index contributed by atoms with van der Waals surface area (Å²) in [7, 11) is 0. The number of nitrogens with one attached hydrogen (secondary N) is 1. The van der Waals surface area contributed by atoms with Crippen molar-refractivity contribution in [3.8, 4) is 0 Å². The molecule has 0 aromatic heterocycles. The van der Waals surface area contributed by atoms with E-state index in [2.05, 4.69) is 0 Å². The molecule has 1 aromatic rings. The summed E-state index contributed by atoms with van der Waals surface area (Å²) in [6.07, 6.45) is 1.05. The first kappa shape index (κ1) is 11.4. The van der Waals surface area contributed by atoms with Crippen molar-refractivity contribution >= 4 is 6.41 Å². The fourth-order valence-electron chi connectivity index (χ4n) is 0.930. The number of benzene rings is 1.